The number of thioether (sulfide) groups is 1. The fourth-order valence-corrected chi connectivity index (χ4v) is 3.09. The lowest BCUT2D eigenvalue weighted by Gasteiger charge is -2.06. The number of carbonyl (C=O) groups excluding carboxylic acids is 2. The zero-order chi connectivity index (χ0) is 18.9. The van der Waals surface area contributed by atoms with Gasteiger partial charge in [0, 0.05) is 25.6 Å². The van der Waals surface area contributed by atoms with E-state index in [2.05, 4.69) is 21.6 Å². The van der Waals surface area contributed by atoms with Gasteiger partial charge in [-0.3, -0.25) is 9.59 Å². The molecule has 7 nitrogen and oxygen atoms in total. The van der Waals surface area contributed by atoms with Crippen LogP contribution in [0.5, 0.6) is 0 Å². The summed E-state index contributed by atoms with van der Waals surface area (Å²) in [6, 6.07) is 8.05. The van der Waals surface area contributed by atoms with Crippen molar-refractivity contribution < 1.29 is 14.3 Å². The fourth-order valence-electron chi connectivity index (χ4n) is 2.35. The molecule has 0 unspecified atom stereocenters. The standard InChI is InChI=1S/C18H24N4O3S/c1-4-25-16(24)9-6-10-19-15(23)12-26-18-21-20-17(22(18)3)14-8-5-7-13(2)11-14/h5,7-8,11H,4,6,9-10,12H2,1-3H3,(H,19,23). The number of nitrogens with zero attached hydrogens (tertiary/aromatic N) is 3. The van der Waals surface area contributed by atoms with Crippen LogP contribution in [-0.4, -0.2) is 45.5 Å². The lowest BCUT2D eigenvalue weighted by molar-refractivity contribution is -0.143. The van der Waals surface area contributed by atoms with Crippen molar-refractivity contribution in [3.63, 3.8) is 0 Å². The van der Waals surface area contributed by atoms with E-state index in [0.717, 1.165) is 17.0 Å². The third-order valence-corrected chi connectivity index (χ3v) is 4.65. The van der Waals surface area contributed by atoms with E-state index in [0.29, 0.717) is 31.1 Å². The molecule has 1 heterocycles. The summed E-state index contributed by atoms with van der Waals surface area (Å²) in [6.07, 6.45) is 0.876. The number of aromatic nitrogens is 3. The van der Waals surface area contributed by atoms with Gasteiger partial charge in [0.25, 0.3) is 0 Å². The molecule has 1 N–H and O–H groups in total. The van der Waals surface area contributed by atoms with Crippen LogP contribution in [0.15, 0.2) is 29.4 Å². The Morgan fingerprint density at radius 1 is 1.31 bits per heavy atom. The van der Waals surface area contributed by atoms with Gasteiger partial charge in [0.15, 0.2) is 11.0 Å². The second kappa shape index (κ2) is 9.96. The van der Waals surface area contributed by atoms with Crippen LogP contribution in [0.3, 0.4) is 0 Å². The van der Waals surface area contributed by atoms with E-state index in [1.54, 1.807) is 6.92 Å². The number of carbonyl (C=O) groups is 2. The number of ether oxygens (including phenoxy) is 1. The van der Waals surface area contributed by atoms with Crippen molar-refractivity contribution in [2.75, 3.05) is 18.9 Å². The van der Waals surface area contributed by atoms with E-state index in [1.165, 1.54) is 11.8 Å². The first-order valence-electron chi connectivity index (χ1n) is 8.52. The predicted octanol–water partition coefficient (Wildman–Crippen LogP) is 2.34. The number of rotatable bonds is 9. The van der Waals surface area contributed by atoms with Gasteiger partial charge in [0.05, 0.1) is 12.4 Å². The third-order valence-electron chi connectivity index (χ3n) is 3.63. The van der Waals surface area contributed by atoms with E-state index in [-0.39, 0.29) is 17.6 Å². The van der Waals surface area contributed by atoms with E-state index in [9.17, 15) is 9.59 Å². The minimum atomic E-state index is -0.237. The van der Waals surface area contributed by atoms with Crippen LogP contribution < -0.4 is 5.32 Å². The molecule has 0 aliphatic heterocycles. The summed E-state index contributed by atoms with van der Waals surface area (Å²) in [7, 11) is 1.89. The molecule has 0 aliphatic rings. The van der Waals surface area contributed by atoms with Crippen molar-refractivity contribution in [2.24, 2.45) is 7.05 Å². The summed E-state index contributed by atoms with van der Waals surface area (Å²) in [5.74, 6) is 0.683. The van der Waals surface area contributed by atoms with Crippen LogP contribution in [0.1, 0.15) is 25.3 Å². The Morgan fingerprint density at radius 2 is 2.12 bits per heavy atom. The smallest absolute Gasteiger partial charge is 0.305 e. The first-order chi connectivity index (χ1) is 12.5. The van der Waals surface area contributed by atoms with E-state index in [1.807, 2.05) is 36.7 Å². The molecule has 26 heavy (non-hydrogen) atoms. The van der Waals surface area contributed by atoms with E-state index < -0.39 is 0 Å². The molecular formula is C18H24N4O3S. The van der Waals surface area contributed by atoms with E-state index in [4.69, 9.17) is 4.74 Å². The highest BCUT2D eigenvalue weighted by molar-refractivity contribution is 7.99. The molecule has 0 spiro atoms. The van der Waals surface area contributed by atoms with Gasteiger partial charge in [-0.1, -0.05) is 35.5 Å². The lowest BCUT2D eigenvalue weighted by Crippen LogP contribution is -2.26. The quantitative estimate of drug-likeness (QED) is 0.411. The maximum atomic E-state index is 11.9. The van der Waals surface area contributed by atoms with Crippen molar-refractivity contribution in [3.8, 4) is 11.4 Å². The van der Waals surface area contributed by atoms with Gasteiger partial charge in [-0.15, -0.1) is 10.2 Å². The predicted molar refractivity (Wildman–Crippen MR) is 101 cm³/mol. The minimum Gasteiger partial charge on any atom is -0.466 e. The summed E-state index contributed by atoms with van der Waals surface area (Å²) in [5.41, 5.74) is 2.15. The Hall–Kier alpha value is -2.35. The van der Waals surface area contributed by atoms with Gasteiger partial charge in [-0.25, -0.2) is 0 Å². The number of nitrogens with one attached hydrogen (secondary N) is 1. The molecule has 1 aromatic heterocycles. The van der Waals surface area contributed by atoms with Crippen molar-refractivity contribution in [3.05, 3.63) is 29.8 Å². The Kier molecular flexibility index (Phi) is 7.65. The molecule has 0 radical (unpaired) electrons. The molecule has 0 saturated heterocycles. The molecule has 2 aromatic rings. The fraction of sp³-hybridized carbons (Fsp3) is 0.444. The van der Waals surface area contributed by atoms with E-state index >= 15 is 0 Å². The minimum absolute atomic E-state index is 0.0982. The van der Waals surface area contributed by atoms with Crippen LogP contribution in [0.25, 0.3) is 11.4 Å². The molecule has 0 fully saturated rings. The van der Waals surface area contributed by atoms with Crippen LogP contribution in [0.2, 0.25) is 0 Å². The SMILES string of the molecule is CCOC(=O)CCCNC(=O)CSc1nnc(-c2cccc(C)c2)n1C. The van der Waals surface area contributed by atoms with Gasteiger partial charge in [0.2, 0.25) is 5.91 Å². The Bertz CT molecular complexity index is 761. The number of esters is 1. The van der Waals surface area contributed by atoms with Gasteiger partial charge in [0.1, 0.15) is 0 Å². The molecule has 2 rings (SSSR count). The maximum Gasteiger partial charge on any atom is 0.305 e. The molecule has 0 aliphatic carbocycles. The summed E-state index contributed by atoms with van der Waals surface area (Å²) in [6.45, 7) is 4.63. The van der Waals surface area contributed by atoms with Crippen LogP contribution in [0, 0.1) is 6.92 Å². The number of amides is 1. The zero-order valence-corrected chi connectivity index (χ0v) is 16.1. The molecule has 1 amide bonds. The normalized spacial score (nSPS) is 10.6. The Labute approximate surface area is 157 Å². The topological polar surface area (TPSA) is 86.1 Å². The average Bonchev–Trinajstić information content (AvgIpc) is 2.98. The highest BCUT2D eigenvalue weighted by Gasteiger charge is 2.13. The highest BCUT2D eigenvalue weighted by atomic mass is 32.2. The number of hydrogen-bond acceptors (Lipinski definition) is 6. The largest absolute Gasteiger partial charge is 0.466 e. The van der Waals surface area contributed by atoms with Crippen molar-refractivity contribution >= 4 is 23.6 Å². The van der Waals surface area contributed by atoms with Crippen molar-refractivity contribution in [2.45, 2.75) is 31.8 Å². The molecular weight excluding hydrogens is 352 g/mol. The third kappa shape index (κ3) is 5.87. The molecule has 0 saturated carbocycles. The monoisotopic (exact) mass is 376 g/mol. The summed E-state index contributed by atoms with van der Waals surface area (Å²) in [4.78, 5) is 23.1. The maximum absolute atomic E-state index is 11.9. The lowest BCUT2D eigenvalue weighted by atomic mass is 10.1. The zero-order valence-electron chi connectivity index (χ0n) is 15.3. The van der Waals surface area contributed by atoms with Crippen molar-refractivity contribution in [1.82, 2.24) is 20.1 Å². The van der Waals surface area contributed by atoms with Crippen LogP contribution >= 0.6 is 11.8 Å². The summed E-state index contributed by atoms with van der Waals surface area (Å²) in [5, 5.41) is 11.9. The first kappa shape index (κ1) is 20.0. The summed E-state index contributed by atoms with van der Waals surface area (Å²) < 4.78 is 6.72. The number of benzene rings is 1. The van der Waals surface area contributed by atoms with Gasteiger partial charge >= 0.3 is 5.97 Å². The second-order valence-electron chi connectivity index (χ2n) is 5.78. The van der Waals surface area contributed by atoms with Gasteiger partial charge in [-0.2, -0.15) is 0 Å². The Balaban J connectivity index is 1.79. The first-order valence-corrected chi connectivity index (χ1v) is 9.51. The van der Waals surface area contributed by atoms with Crippen molar-refractivity contribution in [1.29, 1.82) is 0 Å². The van der Waals surface area contributed by atoms with Crippen LogP contribution in [0.4, 0.5) is 0 Å². The Morgan fingerprint density at radius 3 is 2.85 bits per heavy atom. The van der Waals surface area contributed by atoms with Gasteiger partial charge < -0.3 is 14.6 Å². The second-order valence-corrected chi connectivity index (χ2v) is 6.72. The average molecular weight is 376 g/mol. The number of aryl methyl sites for hydroxylation is 1. The molecule has 0 atom stereocenters. The highest BCUT2D eigenvalue weighted by Crippen LogP contribution is 2.23. The molecule has 8 heteroatoms. The molecule has 1 aromatic carbocycles. The van der Waals surface area contributed by atoms with Crippen LogP contribution in [-0.2, 0) is 21.4 Å². The number of hydrogen-bond donors (Lipinski definition) is 1. The summed E-state index contributed by atoms with van der Waals surface area (Å²) >= 11 is 1.33. The van der Waals surface area contributed by atoms with Gasteiger partial charge in [-0.05, 0) is 26.3 Å². The molecule has 0 bridgehead atoms. The molecule has 140 valence electrons.